The highest BCUT2D eigenvalue weighted by Gasteiger charge is 2.30. The Labute approximate surface area is 514 Å². The zero-order chi connectivity index (χ0) is 62.9. The summed E-state index contributed by atoms with van der Waals surface area (Å²) in [6.45, 7) is 8.63. The molecule has 5 amide bonds. The second kappa shape index (κ2) is 44.9. The van der Waals surface area contributed by atoms with Crippen molar-refractivity contribution in [1.29, 1.82) is 0 Å². The number of amides is 5. The quantitative estimate of drug-likeness (QED) is 0.0313. The number of ketones is 6. The van der Waals surface area contributed by atoms with Gasteiger partial charge in [-0.15, -0.1) is 5.48 Å². The van der Waals surface area contributed by atoms with Crippen LogP contribution in [-0.4, -0.2) is 160 Å². The molecule has 0 aliphatic heterocycles. The first-order valence-corrected chi connectivity index (χ1v) is 32.8. The number of rotatable bonds is 49. The summed E-state index contributed by atoms with van der Waals surface area (Å²) in [6.07, 6.45) is 1.90. The van der Waals surface area contributed by atoms with E-state index in [1.165, 1.54) is 6.92 Å². The third-order valence-electron chi connectivity index (χ3n) is 13.1. The predicted molar refractivity (Wildman–Crippen MR) is 328 cm³/mol. The Bertz CT molecular complexity index is 2450. The Morgan fingerprint density at radius 1 is 0.541 bits per heavy atom. The fraction of sp³-hybridized carbons (Fsp3) is 0.607. The maximum Gasteiger partial charge on any atom is 0.246 e. The van der Waals surface area contributed by atoms with Crippen molar-refractivity contribution in [3.63, 3.8) is 0 Å². The molecule has 5 unspecified atom stereocenters. The predicted octanol–water partition coefficient (Wildman–Crippen LogP) is 3.63. The van der Waals surface area contributed by atoms with Crippen LogP contribution in [-0.2, 0) is 84.5 Å². The van der Waals surface area contributed by atoms with E-state index in [0.29, 0.717) is 25.1 Å². The highest BCUT2D eigenvalue weighted by Crippen LogP contribution is 2.19. The fourth-order valence-electron chi connectivity index (χ4n) is 8.58. The summed E-state index contributed by atoms with van der Waals surface area (Å²) in [5.74, 6) is -4.87. The number of nitrogens with one attached hydrogen (secondary N) is 5. The molecule has 0 saturated heterocycles. The topological polar surface area (TPSA) is 334 Å². The van der Waals surface area contributed by atoms with Crippen molar-refractivity contribution in [2.75, 3.05) is 72.5 Å². The standard InChI is InChI=1S/C61H90IN6O16P/c1-41(2)31-52(54(73)21-18-43(5)69)67-59(78)46(33-44-13-8-6-9-14-44)35-49(71)37-65-56(75)39-83-29-27-81-25-12-17-48(70)19-20-51(63)61(80)64-24-26-82-28-30-84-40-57(76)66-38-50(72)36-47(34-45-15-10-7-11-16-45)60(79)68-53(32-42(3)4)55(74)22-23-58(77)85-62/h6-11,13-16,41-42,46-47,51-53,77H,12,17-40,63H2,1-5H3,(H,64,80)(H,65,75)(H,66,76)(H,67,78)(H,68,79)/p-1. The van der Waals surface area contributed by atoms with E-state index in [2.05, 4.69) is 26.6 Å². The summed E-state index contributed by atoms with van der Waals surface area (Å²) in [7, 11) is 0. The van der Waals surface area contributed by atoms with Crippen molar-refractivity contribution in [1.82, 2.24) is 26.6 Å². The number of hydrogen-bond acceptors (Lipinski definition) is 17. The molecule has 85 heavy (non-hydrogen) atoms. The molecule has 0 fully saturated rings. The maximum absolute atomic E-state index is 13.6. The first-order chi connectivity index (χ1) is 40.6. The van der Waals surface area contributed by atoms with E-state index in [1.54, 1.807) is 0 Å². The number of benzene rings is 2. The molecule has 0 aliphatic rings. The number of hydrogen-bond donors (Lipinski definition) is 6. The van der Waals surface area contributed by atoms with Gasteiger partial charge in [-0.2, -0.15) is 0 Å². The zero-order valence-electron chi connectivity index (χ0n) is 49.9. The summed E-state index contributed by atoms with van der Waals surface area (Å²) in [5, 5.41) is 25.2. The van der Waals surface area contributed by atoms with Crippen molar-refractivity contribution in [3.05, 3.63) is 71.8 Å². The van der Waals surface area contributed by atoms with E-state index in [-0.39, 0.29) is 195 Å². The normalized spacial score (nSPS) is 13.2. The zero-order valence-corrected chi connectivity index (χ0v) is 53.0. The van der Waals surface area contributed by atoms with Crippen LogP contribution >= 0.6 is 27.9 Å². The van der Waals surface area contributed by atoms with Crippen LogP contribution in [0.25, 0.3) is 0 Å². The molecule has 5 atom stereocenters. The highest BCUT2D eigenvalue weighted by molar-refractivity contribution is 14.2. The molecule has 0 spiro atoms. The van der Waals surface area contributed by atoms with Crippen LogP contribution in [0.4, 0.5) is 0 Å². The van der Waals surface area contributed by atoms with Gasteiger partial charge in [-0.1, -0.05) is 88.4 Å². The molecule has 22 nitrogen and oxygen atoms in total. The van der Waals surface area contributed by atoms with Crippen LogP contribution in [0.3, 0.4) is 0 Å². The number of carbonyl (C=O) groups is 11. The molecule has 24 heteroatoms. The van der Waals surface area contributed by atoms with Crippen molar-refractivity contribution >= 4 is 97.6 Å². The van der Waals surface area contributed by atoms with E-state index in [9.17, 15) is 57.8 Å². The molecule has 0 aliphatic carbocycles. The minimum Gasteiger partial charge on any atom is -0.827 e. The lowest BCUT2D eigenvalue weighted by molar-refractivity contribution is -0.212. The minimum absolute atomic E-state index is 0.00850. The molecule has 0 heterocycles. The molecule has 0 bridgehead atoms. The van der Waals surface area contributed by atoms with Gasteiger partial charge in [-0.3, -0.25) is 47.9 Å². The molecule has 2 aromatic carbocycles. The Morgan fingerprint density at radius 2 is 0.988 bits per heavy atom. The molecule has 0 radical (unpaired) electrons. The van der Waals surface area contributed by atoms with Crippen LogP contribution in [0, 0.1) is 23.7 Å². The van der Waals surface area contributed by atoms with Gasteiger partial charge in [0.05, 0.1) is 64.2 Å². The summed E-state index contributed by atoms with van der Waals surface area (Å²) in [5.41, 5.74) is 7.56. The average Bonchev–Trinajstić information content (AvgIpc) is 3.66. The lowest BCUT2D eigenvalue weighted by Crippen LogP contribution is -2.46. The van der Waals surface area contributed by atoms with E-state index in [1.807, 2.05) is 110 Å². The molecule has 7 N–H and O–H groups in total. The van der Waals surface area contributed by atoms with E-state index < -0.39 is 59.5 Å². The van der Waals surface area contributed by atoms with E-state index >= 15 is 0 Å². The number of halogens is 1. The van der Waals surface area contributed by atoms with Crippen molar-refractivity contribution in [2.24, 2.45) is 29.4 Å². The smallest absolute Gasteiger partial charge is 0.246 e. The van der Waals surface area contributed by atoms with Gasteiger partial charge in [0.15, 0.2) is 23.1 Å². The lowest BCUT2D eigenvalue weighted by atomic mass is 9.91. The number of nitrogens with two attached hydrogens (primary N) is 1. The summed E-state index contributed by atoms with van der Waals surface area (Å²) in [4.78, 5) is 141. The number of carbonyl (C=O) groups excluding carboxylic acids is 11. The second-order valence-electron chi connectivity index (χ2n) is 21.7. The van der Waals surface area contributed by atoms with Gasteiger partial charge in [0.25, 0.3) is 0 Å². The van der Waals surface area contributed by atoms with Gasteiger partial charge < -0.3 is 61.2 Å². The molecule has 0 saturated carbocycles. The maximum atomic E-state index is 13.6. The average molecular weight is 1320 g/mol. The van der Waals surface area contributed by atoms with Crippen LogP contribution < -0.4 is 37.4 Å². The Hall–Kier alpha value is -5.53. The number of Topliss-reactive ketones (excluding diaryl/α,β-unsaturated/α-hetero) is 6. The highest BCUT2D eigenvalue weighted by atomic mass is 127. The Balaban J connectivity index is 1.58. The van der Waals surface area contributed by atoms with Gasteiger partial charge in [-0.05, 0) is 103 Å². The van der Waals surface area contributed by atoms with E-state index in [4.69, 9.17) is 24.7 Å². The summed E-state index contributed by atoms with van der Waals surface area (Å²) < 4.78 is 21.7. The summed E-state index contributed by atoms with van der Waals surface area (Å²) in [6, 6.07) is 15.8. The molecule has 2 aromatic rings. The van der Waals surface area contributed by atoms with Crippen molar-refractivity contribution in [2.45, 2.75) is 143 Å². The monoisotopic (exact) mass is 1320 g/mol. The summed E-state index contributed by atoms with van der Waals surface area (Å²) >= 11 is 1.92. The second-order valence-corrected chi connectivity index (χ2v) is 23.8. The molecule has 2 rings (SSSR count). The molecule has 472 valence electrons. The fourth-order valence-corrected chi connectivity index (χ4v) is 9.50. The SMILES string of the molecule is CC(=O)CCC(=O)C(CC(C)C)NC(=O)C(CC(=O)CNC(=O)COCCOCCCC(=O)CCC(N)C(=O)NCCOCCOCC(=O)NCC(=O)CC(Cc1ccccc1)C(=O)NC(CC(C)C)C(=O)CCC([O-])=PI)Cc1ccccc1. The van der Waals surface area contributed by atoms with Crippen LogP contribution in [0.5, 0.6) is 0 Å². The van der Waals surface area contributed by atoms with Crippen LogP contribution in [0.15, 0.2) is 60.7 Å². The van der Waals surface area contributed by atoms with Crippen molar-refractivity contribution < 1.29 is 76.8 Å². The third-order valence-corrected chi connectivity index (χ3v) is 15.1. The Kier molecular flexibility index (Phi) is 39.9. The Morgan fingerprint density at radius 3 is 1.44 bits per heavy atom. The van der Waals surface area contributed by atoms with Crippen LogP contribution in [0.2, 0.25) is 0 Å². The third kappa shape index (κ3) is 36.9. The first kappa shape index (κ1) is 75.6. The minimum atomic E-state index is -0.918. The molecule has 0 aromatic heterocycles. The molecular weight excluding hydrogens is 1230 g/mol. The number of ether oxygens (including phenoxy) is 4. The lowest BCUT2D eigenvalue weighted by Gasteiger charge is -2.24. The van der Waals surface area contributed by atoms with Gasteiger partial charge in [0.1, 0.15) is 24.8 Å². The van der Waals surface area contributed by atoms with Gasteiger partial charge in [0.2, 0.25) is 29.5 Å². The van der Waals surface area contributed by atoms with Gasteiger partial charge in [-0.25, -0.2) is 0 Å². The van der Waals surface area contributed by atoms with Crippen LogP contribution in [0.1, 0.15) is 123 Å². The molecular formula is C61H89IN6O16P-. The van der Waals surface area contributed by atoms with E-state index in [0.717, 1.165) is 11.1 Å². The van der Waals surface area contributed by atoms with Crippen molar-refractivity contribution in [3.8, 4) is 0 Å². The first-order valence-electron chi connectivity index (χ1n) is 29.1. The van der Waals surface area contributed by atoms with Gasteiger partial charge >= 0.3 is 0 Å². The van der Waals surface area contributed by atoms with Gasteiger partial charge in [0, 0.05) is 69.9 Å². The largest absolute Gasteiger partial charge is 0.827 e.